The number of hydrogen-bond donors (Lipinski definition) is 1. The van der Waals surface area contributed by atoms with Crippen molar-refractivity contribution in [3.05, 3.63) is 46.5 Å². The van der Waals surface area contributed by atoms with Gasteiger partial charge in [0.25, 0.3) is 0 Å². The second kappa shape index (κ2) is 6.95. The highest BCUT2D eigenvalue weighted by Gasteiger charge is 2.10. The van der Waals surface area contributed by atoms with Crippen LogP contribution in [0.3, 0.4) is 0 Å². The van der Waals surface area contributed by atoms with Gasteiger partial charge in [0.05, 0.1) is 0 Å². The maximum absolute atomic E-state index is 6.08. The Kier molecular flexibility index (Phi) is 5.89. The van der Waals surface area contributed by atoms with Gasteiger partial charge in [0.1, 0.15) is 0 Å². The molecule has 0 aliphatic heterocycles. The molecule has 0 spiro atoms. The maximum Gasteiger partial charge on any atom is 0.0453 e. The summed E-state index contributed by atoms with van der Waals surface area (Å²) in [5, 5.41) is 1.40. The van der Waals surface area contributed by atoms with E-state index in [1.165, 1.54) is 0 Å². The van der Waals surface area contributed by atoms with E-state index in [9.17, 15) is 0 Å². The van der Waals surface area contributed by atoms with Crippen LogP contribution in [0, 0.1) is 0 Å². The summed E-state index contributed by atoms with van der Waals surface area (Å²) in [6.45, 7) is 3.69. The molecule has 3 heteroatoms. The Morgan fingerprint density at radius 3 is 2.50 bits per heavy atom. The second-order valence-electron chi connectivity index (χ2n) is 3.88. The fourth-order valence-corrected chi connectivity index (χ4v) is 2.17. The molecule has 1 aromatic rings. The molecule has 0 bridgehead atoms. The van der Waals surface area contributed by atoms with E-state index in [0.717, 1.165) is 31.2 Å². The minimum atomic E-state index is 0.109. The molecule has 0 amide bonds. The monoisotopic (exact) mass is 257 g/mol. The molecule has 0 aliphatic carbocycles. The van der Waals surface area contributed by atoms with Crippen molar-refractivity contribution in [2.24, 2.45) is 5.73 Å². The molecule has 0 aliphatic rings. The Morgan fingerprint density at radius 2 is 1.94 bits per heavy atom. The normalized spacial score (nSPS) is 12.4. The van der Waals surface area contributed by atoms with Crippen molar-refractivity contribution in [1.82, 2.24) is 0 Å². The minimum absolute atomic E-state index is 0.109. The third-order valence-corrected chi connectivity index (χ3v) is 3.22. The van der Waals surface area contributed by atoms with E-state index in [-0.39, 0.29) is 6.04 Å². The largest absolute Gasteiger partial charge is 0.327 e. The van der Waals surface area contributed by atoms with Gasteiger partial charge in [-0.25, -0.2) is 0 Å². The van der Waals surface area contributed by atoms with Crippen LogP contribution in [0.2, 0.25) is 10.0 Å². The van der Waals surface area contributed by atoms with Crippen LogP contribution in [0.4, 0.5) is 0 Å². The summed E-state index contributed by atoms with van der Waals surface area (Å²) < 4.78 is 0. The Balaban J connectivity index is 2.55. The van der Waals surface area contributed by atoms with Gasteiger partial charge in [0, 0.05) is 16.1 Å². The van der Waals surface area contributed by atoms with Crippen molar-refractivity contribution < 1.29 is 0 Å². The lowest BCUT2D eigenvalue weighted by Crippen LogP contribution is -2.22. The average Bonchev–Trinajstić information content (AvgIpc) is 2.24. The zero-order chi connectivity index (χ0) is 12.0. The fraction of sp³-hybridized carbons (Fsp3) is 0.385. The SMILES string of the molecule is C=CCCCC(N)Cc1c(Cl)cccc1Cl. The predicted octanol–water partition coefficient (Wildman–Crippen LogP) is 4.22. The second-order valence-corrected chi connectivity index (χ2v) is 4.70. The third-order valence-electron chi connectivity index (χ3n) is 2.51. The van der Waals surface area contributed by atoms with Gasteiger partial charge in [0.2, 0.25) is 0 Å². The number of nitrogens with two attached hydrogens (primary N) is 1. The Hall–Kier alpha value is -0.500. The summed E-state index contributed by atoms with van der Waals surface area (Å²) in [6, 6.07) is 5.65. The van der Waals surface area contributed by atoms with E-state index in [2.05, 4.69) is 6.58 Å². The molecule has 1 aromatic carbocycles. The molecule has 0 fully saturated rings. The molecule has 0 heterocycles. The fourth-order valence-electron chi connectivity index (χ4n) is 1.62. The number of benzene rings is 1. The Labute approximate surface area is 107 Å². The van der Waals surface area contributed by atoms with Crippen LogP contribution in [0.5, 0.6) is 0 Å². The molecule has 1 unspecified atom stereocenters. The van der Waals surface area contributed by atoms with E-state index in [4.69, 9.17) is 28.9 Å². The van der Waals surface area contributed by atoms with Crippen molar-refractivity contribution in [1.29, 1.82) is 0 Å². The number of halogens is 2. The number of allylic oxidation sites excluding steroid dienone is 1. The summed E-state index contributed by atoms with van der Waals surface area (Å²) in [6.07, 6.45) is 5.68. The molecule has 0 aromatic heterocycles. The summed E-state index contributed by atoms with van der Waals surface area (Å²) in [5.41, 5.74) is 6.99. The molecule has 88 valence electrons. The molecule has 1 rings (SSSR count). The topological polar surface area (TPSA) is 26.0 Å². The zero-order valence-electron chi connectivity index (χ0n) is 9.26. The zero-order valence-corrected chi connectivity index (χ0v) is 10.8. The van der Waals surface area contributed by atoms with Gasteiger partial charge in [-0.3, -0.25) is 0 Å². The molecule has 0 saturated carbocycles. The van der Waals surface area contributed by atoms with Crippen LogP contribution < -0.4 is 5.73 Å². The highest BCUT2D eigenvalue weighted by Crippen LogP contribution is 2.25. The van der Waals surface area contributed by atoms with Crippen molar-refractivity contribution in [3.8, 4) is 0 Å². The molecule has 1 atom stereocenters. The van der Waals surface area contributed by atoms with Crippen LogP contribution in [0.1, 0.15) is 24.8 Å². The standard InChI is InChI=1S/C13H17Cl2N/c1-2-3-4-6-10(16)9-11-12(14)7-5-8-13(11)15/h2,5,7-8,10H,1,3-4,6,9,16H2. The lowest BCUT2D eigenvalue weighted by molar-refractivity contribution is 0.584. The molecule has 16 heavy (non-hydrogen) atoms. The lowest BCUT2D eigenvalue weighted by atomic mass is 10.0. The molecule has 0 radical (unpaired) electrons. The van der Waals surface area contributed by atoms with Crippen LogP contribution in [-0.2, 0) is 6.42 Å². The van der Waals surface area contributed by atoms with Gasteiger partial charge < -0.3 is 5.73 Å². The Bertz CT molecular complexity index is 330. The predicted molar refractivity (Wildman–Crippen MR) is 72.2 cm³/mol. The van der Waals surface area contributed by atoms with Crippen LogP contribution >= 0.6 is 23.2 Å². The van der Waals surface area contributed by atoms with Crippen molar-refractivity contribution in [2.45, 2.75) is 31.7 Å². The third kappa shape index (κ3) is 4.17. The number of unbranched alkanes of at least 4 members (excludes halogenated alkanes) is 1. The highest BCUT2D eigenvalue weighted by atomic mass is 35.5. The van der Waals surface area contributed by atoms with Gasteiger partial charge >= 0.3 is 0 Å². The summed E-state index contributed by atoms with van der Waals surface area (Å²) >= 11 is 12.2. The summed E-state index contributed by atoms with van der Waals surface area (Å²) in [5.74, 6) is 0. The summed E-state index contributed by atoms with van der Waals surface area (Å²) in [4.78, 5) is 0. The smallest absolute Gasteiger partial charge is 0.0453 e. The van der Waals surface area contributed by atoms with Crippen molar-refractivity contribution in [2.75, 3.05) is 0 Å². The first-order chi connectivity index (χ1) is 7.65. The quantitative estimate of drug-likeness (QED) is 0.600. The number of rotatable bonds is 6. The average molecular weight is 258 g/mol. The molecule has 1 nitrogen and oxygen atoms in total. The molecular formula is C13H17Cl2N. The molecule has 2 N–H and O–H groups in total. The van der Waals surface area contributed by atoms with Gasteiger partial charge in [-0.2, -0.15) is 0 Å². The van der Waals surface area contributed by atoms with E-state index < -0.39 is 0 Å². The van der Waals surface area contributed by atoms with Crippen molar-refractivity contribution in [3.63, 3.8) is 0 Å². The lowest BCUT2D eigenvalue weighted by Gasteiger charge is -2.13. The highest BCUT2D eigenvalue weighted by molar-refractivity contribution is 6.35. The molecular weight excluding hydrogens is 241 g/mol. The van der Waals surface area contributed by atoms with Gasteiger partial charge in [-0.15, -0.1) is 6.58 Å². The van der Waals surface area contributed by atoms with E-state index >= 15 is 0 Å². The van der Waals surface area contributed by atoms with Crippen LogP contribution in [0.15, 0.2) is 30.9 Å². The van der Waals surface area contributed by atoms with E-state index in [1.54, 1.807) is 0 Å². The minimum Gasteiger partial charge on any atom is -0.327 e. The van der Waals surface area contributed by atoms with Gasteiger partial charge in [-0.05, 0) is 43.4 Å². The van der Waals surface area contributed by atoms with Gasteiger partial charge in [-0.1, -0.05) is 35.3 Å². The first-order valence-corrected chi connectivity index (χ1v) is 6.20. The van der Waals surface area contributed by atoms with E-state index in [1.807, 2.05) is 24.3 Å². The summed E-state index contributed by atoms with van der Waals surface area (Å²) in [7, 11) is 0. The molecule has 0 saturated heterocycles. The first kappa shape index (κ1) is 13.6. The first-order valence-electron chi connectivity index (χ1n) is 5.44. The van der Waals surface area contributed by atoms with Gasteiger partial charge in [0.15, 0.2) is 0 Å². The van der Waals surface area contributed by atoms with Crippen molar-refractivity contribution >= 4 is 23.2 Å². The number of hydrogen-bond acceptors (Lipinski definition) is 1. The van der Waals surface area contributed by atoms with Crippen LogP contribution in [0.25, 0.3) is 0 Å². The maximum atomic E-state index is 6.08. The van der Waals surface area contributed by atoms with E-state index in [0.29, 0.717) is 10.0 Å². The Morgan fingerprint density at radius 1 is 1.31 bits per heavy atom. The van der Waals surface area contributed by atoms with Crippen LogP contribution in [-0.4, -0.2) is 6.04 Å².